The van der Waals surface area contributed by atoms with Crippen LogP contribution in [0, 0.1) is 0 Å². The number of hydrogen-bond donors (Lipinski definition) is 1. The number of rotatable bonds is 5. The molecule has 0 saturated carbocycles. The first-order valence-corrected chi connectivity index (χ1v) is 5.32. The van der Waals surface area contributed by atoms with Crippen molar-refractivity contribution < 1.29 is 5.11 Å². The lowest BCUT2D eigenvalue weighted by molar-refractivity contribution is 0.464. The summed E-state index contributed by atoms with van der Waals surface area (Å²) in [5.41, 5.74) is 3.85. The first-order valence-electron chi connectivity index (χ1n) is 5.32. The van der Waals surface area contributed by atoms with Gasteiger partial charge in [-0.2, -0.15) is 0 Å². The highest BCUT2D eigenvalue weighted by Gasteiger charge is 2.08. The minimum absolute atomic E-state index is 0.352. The van der Waals surface area contributed by atoms with Crippen LogP contribution >= 0.6 is 0 Å². The molecule has 0 radical (unpaired) electrons. The van der Waals surface area contributed by atoms with Crippen LogP contribution in [0.15, 0.2) is 44.0 Å². The van der Waals surface area contributed by atoms with Crippen molar-refractivity contribution in [1.29, 1.82) is 0 Å². The molecular formula is C15H18O. The molecule has 1 aromatic carbocycles. The summed E-state index contributed by atoms with van der Waals surface area (Å²) in [6.45, 7) is 13.3. The van der Waals surface area contributed by atoms with E-state index in [0.29, 0.717) is 18.6 Å². The fraction of sp³-hybridized carbons (Fsp3) is 0.200. The molecule has 0 aromatic heterocycles. The third-order valence-corrected chi connectivity index (χ3v) is 2.49. The van der Waals surface area contributed by atoms with Gasteiger partial charge in [-0.05, 0) is 48.6 Å². The van der Waals surface area contributed by atoms with Crippen molar-refractivity contribution in [3.8, 4) is 5.75 Å². The number of aromatic hydroxyl groups is 1. The largest absolute Gasteiger partial charge is 0.507 e. The summed E-state index contributed by atoms with van der Waals surface area (Å²) in [5.74, 6) is 0.352. The van der Waals surface area contributed by atoms with Crippen LogP contribution in [0.2, 0.25) is 0 Å². The molecule has 84 valence electrons. The fourth-order valence-corrected chi connectivity index (χ4v) is 1.63. The van der Waals surface area contributed by atoms with Gasteiger partial charge in [0, 0.05) is 0 Å². The molecule has 0 aliphatic heterocycles. The Morgan fingerprint density at radius 1 is 1.19 bits per heavy atom. The van der Waals surface area contributed by atoms with Crippen molar-refractivity contribution in [2.45, 2.75) is 19.8 Å². The smallest absolute Gasteiger partial charge is 0.122 e. The monoisotopic (exact) mass is 214 g/mol. The molecule has 0 fully saturated rings. The second kappa shape index (κ2) is 5.36. The van der Waals surface area contributed by atoms with E-state index in [9.17, 15) is 5.11 Å². The normalized spacial score (nSPS) is 9.81. The summed E-state index contributed by atoms with van der Waals surface area (Å²) in [4.78, 5) is 0. The molecule has 0 bridgehead atoms. The van der Waals surface area contributed by atoms with Crippen LogP contribution in [0.3, 0.4) is 0 Å². The van der Waals surface area contributed by atoms with Gasteiger partial charge in [0.2, 0.25) is 0 Å². The molecular weight excluding hydrogens is 196 g/mol. The fourth-order valence-electron chi connectivity index (χ4n) is 1.63. The van der Waals surface area contributed by atoms with E-state index in [1.165, 1.54) is 0 Å². The van der Waals surface area contributed by atoms with E-state index in [1.54, 1.807) is 12.2 Å². The van der Waals surface area contributed by atoms with E-state index in [-0.39, 0.29) is 0 Å². The van der Waals surface area contributed by atoms with Crippen LogP contribution in [0.4, 0.5) is 0 Å². The topological polar surface area (TPSA) is 20.2 Å². The molecule has 16 heavy (non-hydrogen) atoms. The second-order valence-electron chi connectivity index (χ2n) is 3.91. The van der Waals surface area contributed by atoms with Gasteiger partial charge in [0.1, 0.15) is 5.75 Å². The zero-order chi connectivity index (χ0) is 12.1. The molecule has 0 aliphatic rings. The molecule has 0 atom stereocenters. The van der Waals surface area contributed by atoms with Gasteiger partial charge < -0.3 is 5.11 Å². The van der Waals surface area contributed by atoms with Crippen molar-refractivity contribution in [3.63, 3.8) is 0 Å². The van der Waals surface area contributed by atoms with Crippen LogP contribution < -0.4 is 0 Å². The van der Waals surface area contributed by atoms with Crippen LogP contribution in [0.1, 0.15) is 23.6 Å². The summed E-state index contributed by atoms with van der Waals surface area (Å²) in [6, 6.07) is 3.93. The SMILES string of the molecule is C=CCc1cc(C(=C)C)cc(CC=C)c1O. The van der Waals surface area contributed by atoms with Gasteiger partial charge in [-0.25, -0.2) is 0 Å². The van der Waals surface area contributed by atoms with Gasteiger partial charge in [0.15, 0.2) is 0 Å². The number of phenols is 1. The molecule has 0 saturated heterocycles. The number of hydrogen-bond acceptors (Lipinski definition) is 1. The molecule has 0 spiro atoms. The van der Waals surface area contributed by atoms with Crippen LogP contribution in [-0.4, -0.2) is 5.11 Å². The van der Waals surface area contributed by atoms with Crippen LogP contribution in [-0.2, 0) is 12.8 Å². The van der Waals surface area contributed by atoms with Gasteiger partial charge in [-0.15, -0.1) is 13.2 Å². The third-order valence-electron chi connectivity index (χ3n) is 2.49. The lowest BCUT2D eigenvalue weighted by atomic mass is 9.97. The molecule has 1 heteroatoms. The molecule has 1 nitrogen and oxygen atoms in total. The zero-order valence-corrected chi connectivity index (χ0v) is 9.79. The Kier molecular flexibility index (Phi) is 4.12. The van der Waals surface area contributed by atoms with E-state index >= 15 is 0 Å². The Morgan fingerprint density at radius 3 is 1.94 bits per heavy atom. The average Bonchev–Trinajstić information content (AvgIpc) is 2.24. The predicted molar refractivity (Wildman–Crippen MR) is 70.6 cm³/mol. The zero-order valence-electron chi connectivity index (χ0n) is 9.79. The lowest BCUT2D eigenvalue weighted by Gasteiger charge is -2.11. The summed E-state index contributed by atoms with van der Waals surface area (Å²) in [6.07, 6.45) is 4.90. The Bertz CT molecular complexity index is 396. The molecule has 1 N–H and O–H groups in total. The predicted octanol–water partition coefficient (Wildman–Crippen LogP) is 3.88. The van der Waals surface area contributed by atoms with Gasteiger partial charge >= 0.3 is 0 Å². The number of benzene rings is 1. The molecule has 0 heterocycles. The Morgan fingerprint density at radius 2 is 1.62 bits per heavy atom. The van der Waals surface area contributed by atoms with Gasteiger partial charge in [-0.3, -0.25) is 0 Å². The van der Waals surface area contributed by atoms with Gasteiger partial charge in [0.25, 0.3) is 0 Å². The van der Waals surface area contributed by atoms with Gasteiger partial charge in [-0.1, -0.05) is 24.3 Å². The summed E-state index contributed by atoms with van der Waals surface area (Å²) in [5, 5.41) is 10.0. The van der Waals surface area contributed by atoms with E-state index in [0.717, 1.165) is 22.3 Å². The quantitative estimate of drug-likeness (QED) is 0.737. The molecule has 1 rings (SSSR count). The first-order chi connectivity index (χ1) is 7.60. The summed E-state index contributed by atoms with van der Waals surface area (Å²) >= 11 is 0. The van der Waals surface area contributed by atoms with Crippen molar-refractivity contribution in [2.24, 2.45) is 0 Å². The van der Waals surface area contributed by atoms with Crippen molar-refractivity contribution in [1.82, 2.24) is 0 Å². The highest BCUT2D eigenvalue weighted by atomic mass is 16.3. The van der Waals surface area contributed by atoms with E-state index in [2.05, 4.69) is 19.7 Å². The number of phenolic OH excluding ortho intramolecular Hbond substituents is 1. The third kappa shape index (κ3) is 2.63. The van der Waals surface area contributed by atoms with E-state index in [1.807, 2.05) is 19.1 Å². The highest BCUT2D eigenvalue weighted by Crippen LogP contribution is 2.28. The Hall–Kier alpha value is -1.76. The average molecular weight is 214 g/mol. The number of allylic oxidation sites excluding steroid dienone is 3. The van der Waals surface area contributed by atoms with Crippen LogP contribution in [0.5, 0.6) is 5.75 Å². The molecule has 1 aromatic rings. The first kappa shape index (κ1) is 12.3. The van der Waals surface area contributed by atoms with Gasteiger partial charge in [0.05, 0.1) is 0 Å². The molecule has 0 amide bonds. The van der Waals surface area contributed by atoms with Crippen molar-refractivity contribution in [2.75, 3.05) is 0 Å². The minimum atomic E-state index is 0.352. The van der Waals surface area contributed by atoms with E-state index < -0.39 is 0 Å². The maximum Gasteiger partial charge on any atom is 0.122 e. The summed E-state index contributed by atoms with van der Waals surface area (Å²) in [7, 11) is 0. The summed E-state index contributed by atoms with van der Waals surface area (Å²) < 4.78 is 0. The molecule has 0 unspecified atom stereocenters. The van der Waals surface area contributed by atoms with Crippen molar-refractivity contribution >= 4 is 5.57 Å². The standard InChI is InChI=1S/C15H18O/c1-5-7-12-9-14(11(3)4)10-13(8-6-2)15(12)16/h5-6,9-10,16H,1-3,7-8H2,4H3. The van der Waals surface area contributed by atoms with Crippen molar-refractivity contribution in [3.05, 3.63) is 60.7 Å². The van der Waals surface area contributed by atoms with E-state index in [4.69, 9.17) is 0 Å². The maximum atomic E-state index is 10.0. The highest BCUT2D eigenvalue weighted by molar-refractivity contribution is 5.65. The molecule has 0 aliphatic carbocycles. The minimum Gasteiger partial charge on any atom is -0.507 e. The van der Waals surface area contributed by atoms with Crippen LogP contribution in [0.25, 0.3) is 5.57 Å². The maximum absolute atomic E-state index is 10.0. The second-order valence-corrected chi connectivity index (χ2v) is 3.91. The lowest BCUT2D eigenvalue weighted by Crippen LogP contribution is -1.93. The Labute approximate surface area is 97.4 Å². The Balaban J connectivity index is 3.31.